The van der Waals surface area contributed by atoms with Gasteiger partial charge in [0.25, 0.3) is 5.91 Å². The van der Waals surface area contributed by atoms with E-state index in [4.69, 9.17) is 11.6 Å². The third-order valence-corrected chi connectivity index (χ3v) is 6.10. The Labute approximate surface area is 207 Å². The van der Waals surface area contributed by atoms with E-state index in [2.05, 4.69) is 45.2 Å². The molecule has 4 rings (SSSR count). The van der Waals surface area contributed by atoms with E-state index in [1.165, 1.54) is 0 Å². The van der Waals surface area contributed by atoms with Gasteiger partial charge < -0.3 is 5.32 Å². The molecule has 0 fully saturated rings. The molecule has 0 atom stereocenters. The van der Waals surface area contributed by atoms with Crippen LogP contribution >= 0.6 is 27.5 Å². The van der Waals surface area contributed by atoms with Gasteiger partial charge in [0.2, 0.25) is 5.82 Å². The zero-order valence-corrected chi connectivity index (χ0v) is 21.2. The monoisotopic (exact) mass is 522 g/mol. The lowest BCUT2D eigenvalue weighted by atomic mass is 10.0. The average Bonchev–Trinajstić information content (AvgIpc) is 3.22. The first kappa shape index (κ1) is 23.2. The fourth-order valence-corrected chi connectivity index (χ4v) is 4.21. The molecule has 1 amide bonds. The van der Waals surface area contributed by atoms with Crippen molar-refractivity contribution in [3.8, 4) is 17.1 Å². The molecule has 5 nitrogen and oxygen atoms in total. The highest BCUT2D eigenvalue weighted by molar-refractivity contribution is 9.10. The van der Waals surface area contributed by atoms with E-state index in [1.807, 2.05) is 68.4 Å². The molecule has 3 aromatic carbocycles. The van der Waals surface area contributed by atoms with Crippen LogP contribution in [-0.2, 0) is 0 Å². The molecule has 168 valence electrons. The van der Waals surface area contributed by atoms with Crippen LogP contribution in [-0.4, -0.2) is 20.7 Å². The molecule has 0 bridgehead atoms. The minimum atomic E-state index is -0.369. The summed E-state index contributed by atoms with van der Waals surface area (Å²) in [7, 11) is 0. The maximum Gasteiger partial charge on any atom is 0.295 e. The van der Waals surface area contributed by atoms with Crippen molar-refractivity contribution in [2.24, 2.45) is 0 Å². The van der Waals surface area contributed by atoms with E-state index in [0.717, 1.165) is 38.1 Å². The number of aromatic nitrogens is 3. The number of amides is 1. The molecule has 1 aromatic heterocycles. The summed E-state index contributed by atoms with van der Waals surface area (Å²) in [5.74, 6) is 0.506. The second kappa shape index (κ2) is 9.49. The highest BCUT2D eigenvalue weighted by atomic mass is 79.9. The quantitative estimate of drug-likeness (QED) is 0.298. The molecule has 0 unspecified atom stereocenters. The van der Waals surface area contributed by atoms with Crippen molar-refractivity contribution in [3.05, 3.63) is 92.7 Å². The number of carbonyl (C=O) groups excluding carboxylic acids is 1. The number of anilines is 1. The van der Waals surface area contributed by atoms with Gasteiger partial charge in [0.05, 0.1) is 5.69 Å². The first-order chi connectivity index (χ1) is 15.7. The lowest BCUT2D eigenvalue weighted by Crippen LogP contribution is -2.16. The number of hydrogen-bond donors (Lipinski definition) is 1. The van der Waals surface area contributed by atoms with Crippen LogP contribution in [0.3, 0.4) is 0 Å². The molecule has 33 heavy (non-hydrogen) atoms. The third kappa shape index (κ3) is 5.02. The Bertz CT molecular complexity index is 1350. The molecule has 0 spiro atoms. The standard InChI is InChI=1S/C26H24BrClN4O/c1-15(2)21-14-19(27)10-11-22(21)29-26(33)24-30-25(18-6-5-7-20(28)13-18)32(31-24)23-12-16(3)8-9-17(23)4/h5-15H,1-4H3,(H,29,33). The number of nitrogens with one attached hydrogen (secondary N) is 1. The molecule has 0 aliphatic carbocycles. The lowest BCUT2D eigenvalue weighted by Gasteiger charge is -2.13. The van der Waals surface area contributed by atoms with E-state index >= 15 is 0 Å². The van der Waals surface area contributed by atoms with Crippen molar-refractivity contribution in [2.75, 3.05) is 5.32 Å². The van der Waals surface area contributed by atoms with Gasteiger partial charge in [-0.05, 0) is 72.9 Å². The van der Waals surface area contributed by atoms with Gasteiger partial charge in [-0.15, -0.1) is 5.10 Å². The minimum absolute atomic E-state index is 0.0866. The molecule has 1 N–H and O–H groups in total. The summed E-state index contributed by atoms with van der Waals surface area (Å²) < 4.78 is 2.68. The molecular weight excluding hydrogens is 500 g/mol. The number of benzene rings is 3. The van der Waals surface area contributed by atoms with Gasteiger partial charge in [-0.1, -0.05) is 65.6 Å². The number of aryl methyl sites for hydroxylation is 2. The van der Waals surface area contributed by atoms with E-state index < -0.39 is 0 Å². The fourth-order valence-electron chi connectivity index (χ4n) is 3.64. The summed E-state index contributed by atoms with van der Waals surface area (Å²) in [6.07, 6.45) is 0. The van der Waals surface area contributed by atoms with Crippen LogP contribution in [0, 0.1) is 13.8 Å². The largest absolute Gasteiger partial charge is 0.319 e. The molecule has 0 radical (unpaired) electrons. The average molecular weight is 524 g/mol. The normalized spacial score (nSPS) is 11.1. The van der Waals surface area contributed by atoms with E-state index in [9.17, 15) is 4.79 Å². The van der Waals surface area contributed by atoms with Crippen molar-refractivity contribution in [1.82, 2.24) is 14.8 Å². The predicted molar refractivity (Wildman–Crippen MR) is 137 cm³/mol. The number of rotatable bonds is 5. The highest BCUT2D eigenvalue weighted by Crippen LogP contribution is 2.29. The van der Waals surface area contributed by atoms with Crippen LogP contribution in [0.4, 0.5) is 5.69 Å². The Hall–Kier alpha value is -2.96. The van der Waals surface area contributed by atoms with E-state index in [0.29, 0.717) is 10.8 Å². The number of hydrogen-bond acceptors (Lipinski definition) is 3. The summed E-state index contributed by atoms with van der Waals surface area (Å²) in [6, 6.07) is 19.3. The van der Waals surface area contributed by atoms with E-state index in [-0.39, 0.29) is 17.6 Å². The highest BCUT2D eigenvalue weighted by Gasteiger charge is 2.21. The topological polar surface area (TPSA) is 59.8 Å². The van der Waals surface area contributed by atoms with Gasteiger partial charge in [-0.3, -0.25) is 4.79 Å². The number of halogens is 2. The molecule has 4 aromatic rings. The van der Waals surface area contributed by atoms with Gasteiger partial charge in [-0.2, -0.15) is 0 Å². The Balaban J connectivity index is 1.80. The van der Waals surface area contributed by atoms with Gasteiger partial charge in [0, 0.05) is 20.7 Å². The van der Waals surface area contributed by atoms with Gasteiger partial charge in [-0.25, -0.2) is 9.67 Å². The molecular formula is C26H24BrClN4O. The Kier molecular flexibility index (Phi) is 6.68. The maximum absolute atomic E-state index is 13.2. The van der Waals surface area contributed by atoms with Crippen molar-refractivity contribution >= 4 is 39.1 Å². The summed E-state index contributed by atoms with van der Waals surface area (Å²) in [5.41, 5.74) is 5.53. The zero-order valence-electron chi connectivity index (χ0n) is 18.9. The van der Waals surface area contributed by atoms with Crippen molar-refractivity contribution < 1.29 is 4.79 Å². The second-order valence-corrected chi connectivity index (χ2v) is 9.66. The minimum Gasteiger partial charge on any atom is -0.319 e. The van der Waals surface area contributed by atoms with Gasteiger partial charge in [0.1, 0.15) is 0 Å². The smallest absolute Gasteiger partial charge is 0.295 e. The first-order valence-corrected chi connectivity index (χ1v) is 11.8. The van der Waals surface area contributed by atoms with Gasteiger partial charge in [0.15, 0.2) is 5.82 Å². The lowest BCUT2D eigenvalue weighted by molar-refractivity contribution is 0.101. The Morgan fingerprint density at radius 3 is 2.58 bits per heavy atom. The van der Waals surface area contributed by atoms with Crippen molar-refractivity contribution in [1.29, 1.82) is 0 Å². The summed E-state index contributed by atoms with van der Waals surface area (Å²) >= 11 is 9.75. The molecule has 7 heteroatoms. The summed E-state index contributed by atoms with van der Waals surface area (Å²) in [5, 5.41) is 8.20. The Morgan fingerprint density at radius 2 is 1.85 bits per heavy atom. The molecule has 0 aliphatic heterocycles. The molecule has 0 aliphatic rings. The van der Waals surface area contributed by atoms with Crippen molar-refractivity contribution in [3.63, 3.8) is 0 Å². The van der Waals surface area contributed by atoms with Crippen LogP contribution in [0.15, 0.2) is 65.1 Å². The molecule has 0 saturated heterocycles. The SMILES string of the molecule is Cc1ccc(C)c(-n2nc(C(=O)Nc3ccc(Br)cc3C(C)C)nc2-c2cccc(Cl)c2)c1. The first-order valence-electron chi connectivity index (χ1n) is 10.6. The Morgan fingerprint density at radius 1 is 1.06 bits per heavy atom. The van der Waals surface area contributed by atoms with Crippen LogP contribution in [0.5, 0.6) is 0 Å². The van der Waals surface area contributed by atoms with Crippen LogP contribution < -0.4 is 5.32 Å². The van der Waals surface area contributed by atoms with E-state index in [1.54, 1.807) is 10.7 Å². The summed E-state index contributed by atoms with van der Waals surface area (Å²) in [4.78, 5) is 17.9. The van der Waals surface area contributed by atoms with Gasteiger partial charge >= 0.3 is 0 Å². The third-order valence-electron chi connectivity index (χ3n) is 5.37. The van der Waals surface area contributed by atoms with Crippen LogP contribution in [0.1, 0.15) is 47.1 Å². The molecule has 1 heterocycles. The second-order valence-electron chi connectivity index (χ2n) is 8.31. The van der Waals surface area contributed by atoms with Crippen molar-refractivity contribution in [2.45, 2.75) is 33.6 Å². The van der Waals surface area contributed by atoms with Crippen LogP contribution in [0.2, 0.25) is 5.02 Å². The number of nitrogens with zero attached hydrogens (tertiary/aromatic N) is 3. The molecule has 0 saturated carbocycles. The predicted octanol–water partition coefficient (Wildman–Crippen LogP) is 7.34. The van der Waals surface area contributed by atoms with Crippen LogP contribution in [0.25, 0.3) is 17.1 Å². The summed E-state index contributed by atoms with van der Waals surface area (Å²) in [6.45, 7) is 8.20. The maximum atomic E-state index is 13.2. The number of carbonyl (C=O) groups is 1. The zero-order chi connectivity index (χ0) is 23.7. The fraction of sp³-hybridized carbons (Fsp3) is 0.192.